The van der Waals surface area contributed by atoms with Gasteiger partial charge in [-0.3, -0.25) is 4.79 Å². The maximum absolute atomic E-state index is 11.4. The molecule has 0 fully saturated rings. The first kappa shape index (κ1) is 16.7. The number of carbonyl (C=O) groups excluding carboxylic acids is 1. The van der Waals surface area contributed by atoms with E-state index in [1.807, 2.05) is 44.4 Å². The Balaban J connectivity index is 0.00000289. The Morgan fingerprint density at radius 1 is 1.28 bits per heavy atom. The van der Waals surface area contributed by atoms with Gasteiger partial charge in [-0.1, -0.05) is 18.2 Å². The molecule has 4 nitrogen and oxygen atoms in total. The Morgan fingerprint density at radius 3 is 2.56 bits per heavy atom. The smallest absolute Gasteiger partial charge is 0.257 e. The van der Waals surface area contributed by atoms with Crippen LogP contribution in [0.25, 0.3) is 0 Å². The second-order valence-electron chi connectivity index (χ2n) is 4.11. The minimum absolute atomic E-state index is 0. The van der Waals surface area contributed by atoms with Gasteiger partial charge >= 0.3 is 0 Å². The molecule has 0 aromatic heterocycles. The summed E-state index contributed by atoms with van der Waals surface area (Å²) < 4.78 is 5.32. The van der Waals surface area contributed by atoms with Gasteiger partial charge in [-0.05, 0) is 39.2 Å². The molecule has 1 N–H and O–H groups in total. The second kappa shape index (κ2) is 9.74. The number of carbonyl (C=O) groups is 1. The van der Waals surface area contributed by atoms with Gasteiger partial charge in [0.2, 0.25) is 0 Å². The summed E-state index contributed by atoms with van der Waals surface area (Å²) in [6, 6.07) is 9.33. The van der Waals surface area contributed by atoms with Crippen molar-refractivity contribution in [3.05, 3.63) is 30.3 Å². The van der Waals surface area contributed by atoms with Crippen molar-refractivity contribution in [2.45, 2.75) is 6.42 Å². The molecular formula is C13H21ClN2O2. The number of amides is 1. The number of halogens is 1. The molecule has 5 heteroatoms. The molecule has 0 unspecified atom stereocenters. The maximum Gasteiger partial charge on any atom is 0.257 e. The van der Waals surface area contributed by atoms with Gasteiger partial charge in [0.1, 0.15) is 5.75 Å². The number of nitrogens with zero attached hydrogens (tertiary/aromatic N) is 1. The summed E-state index contributed by atoms with van der Waals surface area (Å²) in [6.45, 7) is 1.74. The predicted molar refractivity (Wildman–Crippen MR) is 75.4 cm³/mol. The van der Waals surface area contributed by atoms with Crippen molar-refractivity contribution in [3.8, 4) is 5.75 Å². The van der Waals surface area contributed by atoms with Crippen LogP contribution in [0.3, 0.4) is 0 Å². The highest BCUT2D eigenvalue weighted by Crippen LogP contribution is 2.07. The van der Waals surface area contributed by atoms with Crippen molar-refractivity contribution in [2.24, 2.45) is 0 Å². The summed E-state index contributed by atoms with van der Waals surface area (Å²) in [5.74, 6) is 0.642. The minimum atomic E-state index is -0.0763. The van der Waals surface area contributed by atoms with Crippen molar-refractivity contribution in [1.29, 1.82) is 0 Å². The van der Waals surface area contributed by atoms with Gasteiger partial charge in [-0.2, -0.15) is 0 Å². The first-order valence-corrected chi connectivity index (χ1v) is 5.78. The summed E-state index contributed by atoms with van der Waals surface area (Å²) in [5.41, 5.74) is 0. The molecule has 0 aliphatic carbocycles. The first-order chi connectivity index (χ1) is 8.18. The largest absolute Gasteiger partial charge is 0.484 e. The lowest BCUT2D eigenvalue weighted by Crippen LogP contribution is -2.31. The molecule has 0 heterocycles. The van der Waals surface area contributed by atoms with E-state index in [4.69, 9.17) is 4.74 Å². The lowest BCUT2D eigenvalue weighted by Gasteiger charge is -2.10. The highest BCUT2D eigenvalue weighted by Gasteiger charge is 2.01. The van der Waals surface area contributed by atoms with Crippen molar-refractivity contribution in [1.82, 2.24) is 10.2 Å². The number of ether oxygens (including phenoxy) is 1. The van der Waals surface area contributed by atoms with Crippen LogP contribution < -0.4 is 10.1 Å². The van der Waals surface area contributed by atoms with Crippen molar-refractivity contribution < 1.29 is 9.53 Å². The van der Waals surface area contributed by atoms with E-state index in [-0.39, 0.29) is 24.9 Å². The van der Waals surface area contributed by atoms with Gasteiger partial charge in [0.15, 0.2) is 6.61 Å². The summed E-state index contributed by atoms with van der Waals surface area (Å²) in [7, 11) is 4.03. The number of nitrogens with one attached hydrogen (secondary N) is 1. The molecule has 0 atom stereocenters. The molecule has 0 aliphatic heterocycles. The summed E-state index contributed by atoms with van der Waals surface area (Å²) in [5, 5.41) is 2.82. The average molecular weight is 273 g/mol. The quantitative estimate of drug-likeness (QED) is 0.766. The van der Waals surface area contributed by atoms with E-state index in [0.29, 0.717) is 6.54 Å². The molecule has 1 aromatic carbocycles. The van der Waals surface area contributed by atoms with E-state index in [9.17, 15) is 4.79 Å². The van der Waals surface area contributed by atoms with Gasteiger partial charge in [0.05, 0.1) is 0 Å². The summed E-state index contributed by atoms with van der Waals surface area (Å²) in [6.07, 6.45) is 0.948. The van der Waals surface area contributed by atoms with Crippen LogP contribution in [-0.4, -0.2) is 44.6 Å². The zero-order valence-electron chi connectivity index (χ0n) is 10.9. The molecule has 0 radical (unpaired) electrons. The van der Waals surface area contributed by atoms with Crippen molar-refractivity contribution >= 4 is 18.3 Å². The molecule has 102 valence electrons. The topological polar surface area (TPSA) is 41.6 Å². The van der Waals surface area contributed by atoms with Crippen LogP contribution in [0.4, 0.5) is 0 Å². The third-order valence-electron chi connectivity index (χ3n) is 2.22. The second-order valence-corrected chi connectivity index (χ2v) is 4.11. The fraction of sp³-hybridized carbons (Fsp3) is 0.462. The summed E-state index contributed by atoms with van der Waals surface area (Å²) >= 11 is 0. The average Bonchev–Trinajstić information content (AvgIpc) is 2.33. The van der Waals surface area contributed by atoms with Gasteiger partial charge in [-0.15, -0.1) is 12.4 Å². The zero-order valence-corrected chi connectivity index (χ0v) is 11.7. The van der Waals surface area contributed by atoms with Crippen LogP contribution in [0.5, 0.6) is 5.75 Å². The van der Waals surface area contributed by atoms with Crippen molar-refractivity contribution in [2.75, 3.05) is 33.8 Å². The van der Waals surface area contributed by atoms with Crippen LogP contribution >= 0.6 is 12.4 Å². The van der Waals surface area contributed by atoms with Gasteiger partial charge in [-0.25, -0.2) is 0 Å². The van der Waals surface area contributed by atoms with Crippen LogP contribution in [0.15, 0.2) is 30.3 Å². The highest BCUT2D eigenvalue weighted by molar-refractivity contribution is 5.85. The number of hydrogen-bond donors (Lipinski definition) is 1. The van der Waals surface area contributed by atoms with E-state index < -0.39 is 0 Å². The lowest BCUT2D eigenvalue weighted by atomic mass is 10.3. The molecule has 1 aromatic rings. The fourth-order valence-electron chi connectivity index (χ4n) is 1.34. The summed E-state index contributed by atoms with van der Waals surface area (Å²) in [4.78, 5) is 13.5. The molecule has 0 bridgehead atoms. The number of para-hydroxylation sites is 1. The lowest BCUT2D eigenvalue weighted by molar-refractivity contribution is -0.123. The molecule has 0 spiro atoms. The SMILES string of the molecule is CN(C)CCCNC(=O)COc1ccccc1.Cl. The number of rotatable bonds is 7. The maximum atomic E-state index is 11.4. The van der Waals surface area contributed by atoms with E-state index in [0.717, 1.165) is 18.7 Å². The van der Waals surface area contributed by atoms with Crippen LogP contribution in [0.1, 0.15) is 6.42 Å². The van der Waals surface area contributed by atoms with E-state index >= 15 is 0 Å². The molecule has 1 amide bonds. The number of benzene rings is 1. The fourth-order valence-corrected chi connectivity index (χ4v) is 1.34. The van der Waals surface area contributed by atoms with Gasteiger partial charge in [0, 0.05) is 6.54 Å². The van der Waals surface area contributed by atoms with E-state index in [2.05, 4.69) is 10.2 Å². The monoisotopic (exact) mass is 272 g/mol. The molecule has 0 aliphatic rings. The van der Waals surface area contributed by atoms with Gasteiger partial charge < -0.3 is 15.0 Å². The zero-order chi connectivity index (χ0) is 12.5. The molecule has 0 saturated carbocycles. The Kier molecular flexibility index (Phi) is 9.06. The van der Waals surface area contributed by atoms with Crippen LogP contribution in [0.2, 0.25) is 0 Å². The Hall–Kier alpha value is -1.26. The third-order valence-corrected chi connectivity index (χ3v) is 2.22. The van der Waals surface area contributed by atoms with Gasteiger partial charge in [0.25, 0.3) is 5.91 Å². The minimum Gasteiger partial charge on any atom is -0.484 e. The standard InChI is InChI=1S/C13H20N2O2.ClH/c1-15(2)10-6-9-14-13(16)11-17-12-7-4-3-5-8-12;/h3-5,7-8H,6,9-11H2,1-2H3,(H,14,16);1H. The first-order valence-electron chi connectivity index (χ1n) is 5.78. The number of hydrogen-bond acceptors (Lipinski definition) is 3. The highest BCUT2D eigenvalue weighted by atomic mass is 35.5. The van der Waals surface area contributed by atoms with Crippen LogP contribution in [-0.2, 0) is 4.79 Å². The Bertz CT molecular complexity index is 331. The molecule has 0 saturated heterocycles. The third kappa shape index (κ3) is 7.92. The molecule has 1 rings (SSSR count). The molecular weight excluding hydrogens is 252 g/mol. The Morgan fingerprint density at radius 2 is 1.94 bits per heavy atom. The van der Waals surface area contributed by atoms with E-state index in [1.54, 1.807) is 0 Å². The normalized spacial score (nSPS) is 9.72. The van der Waals surface area contributed by atoms with Crippen molar-refractivity contribution in [3.63, 3.8) is 0 Å². The molecule has 18 heavy (non-hydrogen) atoms. The predicted octanol–water partition coefficient (Wildman–Crippen LogP) is 1.56. The Labute approximate surface area is 115 Å². The van der Waals surface area contributed by atoms with Crippen LogP contribution in [0, 0.1) is 0 Å². The van der Waals surface area contributed by atoms with E-state index in [1.165, 1.54) is 0 Å².